The van der Waals surface area contributed by atoms with E-state index < -0.39 is 13.9 Å². The standard InChI is InChI=1S/C26H54NO7P/c1-6-8-9-10-11-12-13-14-15-16-17-18-19-20-26(28)32-23-25(31-7-2)24-34-35(29,30)33-22-21-27(3,4)5/h25H,6-24H2,1-5H3. The van der Waals surface area contributed by atoms with Crippen LogP contribution in [0.3, 0.4) is 0 Å². The number of unbranched alkanes of at least 4 members (excludes halogenated alkanes) is 12. The Morgan fingerprint density at radius 1 is 0.800 bits per heavy atom. The van der Waals surface area contributed by atoms with Crippen LogP contribution in [-0.4, -0.2) is 70.7 Å². The highest BCUT2D eigenvalue weighted by Gasteiger charge is 2.18. The van der Waals surface area contributed by atoms with Gasteiger partial charge in [-0.3, -0.25) is 9.36 Å². The second-order valence-corrected chi connectivity index (χ2v) is 11.8. The maximum atomic E-state index is 12.0. The van der Waals surface area contributed by atoms with Crippen LogP contribution >= 0.6 is 7.82 Å². The third kappa shape index (κ3) is 25.0. The molecule has 0 aliphatic carbocycles. The number of likely N-dealkylation sites (N-methyl/N-ethyl adjacent to an activating group) is 1. The minimum atomic E-state index is -4.43. The molecule has 0 N–H and O–H groups in total. The Hall–Kier alpha value is -0.500. The van der Waals surface area contributed by atoms with E-state index in [1.165, 1.54) is 64.2 Å². The third-order valence-electron chi connectivity index (χ3n) is 5.75. The summed E-state index contributed by atoms with van der Waals surface area (Å²) in [5, 5.41) is 0. The SMILES string of the molecule is CCCCCCCCCCCCCCCC(=O)OCC(COP(=O)([O-])OCC[N+](C)(C)C)OCC. The van der Waals surface area contributed by atoms with E-state index in [1.54, 1.807) is 6.92 Å². The number of rotatable bonds is 25. The molecular weight excluding hydrogens is 469 g/mol. The Labute approximate surface area is 215 Å². The quantitative estimate of drug-likeness (QED) is 0.0663. The molecule has 0 bridgehead atoms. The van der Waals surface area contributed by atoms with Crippen molar-refractivity contribution in [1.29, 1.82) is 0 Å². The fourth-order valence-corrected chi connectivity index (χ4v) is 4.29. The van der Waals surface area contributed by atoms with E-state index in [2.05, 4.69) is 6.92 Å². The summed E-state index contributed by atoms with van der Waals surface area (Å²) in [6.45, 7) is 4.68. The average Bonchev–Trinajstić information content (AvgIpc) is 2.77. The maximum Gasteiger partial charge on any atom is 0.305 e. The van der Waals surface area contributed by atoms with E-state index in [0.717, 1.165) is 19.3 Å². The first-order valence-electron chi connectivity index (χ1n) is 13.8. The summed E-state index contributed by atoms with van der Waals surface area (Å²) in [4.78, 5) is 24.0. The van der Waals surface area contributed by atoms with Crippen LogP contribution in [0.5, 0.6) is 0 Å². The fraction of sp³-hybridized carbons (Fsp3) is 0.962. The van der Waals surface area contributed by atoms with Gasteiger partial charge in [0.2, 0.25) is 0 Å². The number of carbonyl (C=O) groups excluding carboxylic acids is 1. The maximum absolute atomic E-state index is 12.0. The van der Waals surface area contributed by atoms with E-state index in [0.29, 0.717) is 24.1 Å². The van der Waals surface area contributed by atoms with Gasteiger partial charge in [-0.2, -0.15) is 0 Å². The minimum Gasteiger partial charge on any atom is -0.756 e. The number of hydrogen-bond acceptors (Lipinski definition) is 7. The average molecular weight is 524 g/mol. The zero-order valence-electron chi connectivity index (χ0n) is 23.3. The highest BCUT2D eigenvalue weighted by molar-refractivity contribution is 7.45. The van der Waals surface area contributed by atoms with E-state index >= 15 is 0 Å². The predicted molar refractivity (Wildman–Crippen MR) is 139 cm³/mol. The van der Waals surface area contributed by atoms with Crippen LogP contribution in [0.1, 0.15) is 104 Å². The van der Waals surface area contributed by atoms with Crippen LogP contribution in [0.4, 0.5) is 0 Å². The first kappa shape index (κ1) is 34.5. The number of ether oxygens (including phenoxy) is 2. The summed E-state index contributed by atoms with van der Waals surface area (Å²) in [7, 11) is 1.40. The van der Waals surface area contributed by atoms with Crippen molar-refractivity contribution in [2.45, 2.75) is 110 Å². The van der Waals surface area contributed by atoms with Gasteiger partial charge in [-0.1, -0.05) is 84.0 Å². The summed E-state index contributed by atoms with van der Waals surface area (Å²) in [6, 6.07) is 0. The van der Waals surface area contributed by atoms with Gasteiger partial charge in [0.05, 0.1) is 27.7 Å². The topological polar surface area (TPSA) is 94.1 Å². The number of carbonyl (C=O) groups is 1. The molecule has 0 aromatic rings. The van der Waals surface area contributed by atoms with Gasteiger partial charge in [0, 0.05) is 13.0 Å². The molecule has 0 radical (unpaired) electrons. The summed E-state index contributed by atoms with van der Waals surface area (Å²) in [5.41, 5.74) is 0. The molecular formula is C26H54NO7P. The number of phosphoric acid groups is 1. The molecule has 0 amide bonds. The molecule has 0 fully saturated rings. The van der Waals surface area contributed by atoms with Gasteiger partial charge >= 0.3 is 5.97 Å². The summed E-state index contributed by atoms with van der Waals surface area (Å²) in [5.74, 6) is -0.290. The summed E-state index contributed by atoms with van der Waals surface area (Å²) in [6.07, 6.45) is 16.0. The molecule has 2 atom stereocenters. The highest BCUT2D eigenvalue weighted by atomic mass is 31.2. The Morgan fingerprint density at radius 3 is 1.80 bits per heavy atom. The molecule has 0 saturated carbocycles. The molecule has 0 rings (SSSR count). The summed E-state index contributed by atoms with van der Waals surface area (Å²) >= 11 is 0. The normalized spacial score (nSPS) is 14.6. The number of phosphoric ester groups is 1. The first-order valence-corrected chi connectivity index (χ1v) is 15.2. The Bertz CT molecular complexity index is 554. The number of quaternary nitrogens is 1. The minimum absolute atomic E-state index is 0.0377. The van der Waals surface area contributed by atoms with Crippen molar-refractivity contribution in [2.24, 2.45) is 0 Å². The van der Waals surface area contributed by atoms with Crippen molar-refractivity contribution in [1.82, 2.24) is 0 Å². The second kappa shape index (κ2) is 21.6. The molecule has 35 heavy (non-hydrogen) atoms. The molecule has 0 heterocycles. The van der Waals surface area contributed by atoms with Gasteiger partial charge in [-0.05, 0) is 13.3 Å². The lowest BCUT2D eigenvalue weighted by Crippen LogP contribution is -2.37. The Kier molecular flexibility index (Phi) is 21.3. The largest absolute Gasteiger partial charge is 0.756 e. The van der Waals surface area contributed by atoms with E-state index in [-0.39, 0.29) is 25.8 Å². The molecule has 0 aromatic heterocycles. The number of esters is 1. The lowest BCUT2D eigenvalue weighted by molar-refractivity contribution is -0.870. The number of hydrogen-bond donors (Lipinski definition) is 0. The van der Waals surface area contributed by atoms with E-state index in [4.69, 9.17) is 18.5 Å². The molecule has 0 aliphatic heterocycles. The lowest BCUT2D eigenvalue weighted by atomic mass is 10.0. The molecule has 0 spiro atoms. The third-order valence-corrected chi connectivity index (χ3v) is 6.71. The van der Waals surface area contributed by atoms with Crippen molar-refractivity contribution < 1.29 is 37.3 Å². The molecule has 0 aliphatic rings. The molecule has 210 valence electrons. The van der Waals surface area contributed by atoms with Crippen molar-refractivity contribution in [3.8, 4) is 0 Å². The molecule has 0 saturated heterocycles. The monoisotopic (exact) mass is 523 g/mol. The van der Waals surface area contributed by atoms with Crippen molar-refractivity contribution in [3.63, 3.8) is 0 Å². The molecule has 8 nitrogen and oxygen atoms in total. The van der Waals surface area contributed by atoms with Crippen LogP contribution in [0, 0.1) is 0 Å². The highest BCUT2D eigenvalue weighted by Crippen LogP contribution is 2.38. The van der Waals surface area contributed by atoms with Gasteiger partial charge in [0.15, 0.2) is 0 Å². The lowest BCUT2D eigenvalue weighted by Gasteiger charge is -2.28. The zero-order chi connectivity index (χ0) is 26.4. The van der Waals surface area contributed by atoms with Crippen LogP contribution < -0.4 is 4.89 Å². The van der Waals surface area contributed by atoms with Gasteiger partial charge in [0.1, 0.15) is 25.9 Å². The second-order valence-electron chi connectivity index (χ2n) is 10.3. The predicted octanol–water partition coefficient (Wildman–Crippen LogP) is 5.62. The van der Waals surface area contributed by atoms with Crippen LogP contribution in [0.25, 0.3) is 0 Å². The molecule has 2 unspecified atom stereocenters. The fourth-order valence-electron chi connectivity index (χ4n) is 3.56. The smallest absolute Gasteiger partial charge is 0.305 e. The molecule has 0 aromatic carbocycles. The van der Waals surface area contributed by atoms with Crippen molar-refractivity contribution in [3.05, 3.63) is 0 Å². The van der Waals surface area contributed by atoms with Gasteiger partial charge in [0.25, 0.3) is 7.82 Å². The van der Waals surface area contributed by atoms with E-state index in [9.17, 15) is 14.3 Å². The van der Waals surface area contributed by atoms with Crippen LogP contribution in [-0.2, 0) is 27.9 Å². The zero-order valence-corrected chi connectivity index (χ0v) is 24.2. The van der Waals surface area contributed by atoms with Gasteiger partial charge in [-0.25, -0.2) is 0 Å². The van der Waals surface area contributed by atoms with Gasteiger partial charge < -0.3 is 27.9 Å². The van der Waals surface area contributed by atoms with Crippen LogP contribution in [0.15, 0.2) is 0 Å². The summed E-state index contributed by atoms with van der Waals surface area (Å²) < 4.78 is 33.0. The van der Waals surface area contributed by atoms with Crippen molar-refractivity contribution >= 4 is 13.8 Å². The van der Waals surface area contributed by atoms with Crippen molar-refractivity contribution in [2.75, 3.05) is 54.1 Å². The molecule has 9 heteroatoms. The van der Waals surface area contributed by atoms with E-state index in [1.807, 2.05) is 21.1 Å². The Morgan fingerprint density at radius 2 is 1.31 bits per heavy atom. The van der Waals surface area contributed by atoms with Gasteiger partial charge in [-0.15, -0.1) is 0 Å². The first-order chi connectivity index (χ1) is 16.6. The number of nitrogens with zero attached hydrogens (tertiary/aromatic N) is 1. The van der Waals surface area contributed by atoms with Crippen LogP contribution in [0.2, 0.25) is 0 Å². The Balaban J connectivity index is 3.82.